The highest BCUT2D eigenvalue weighted by Gasteiger charge is 2.28. The van der Waals surface area contributed by atoms with Crippen molar-refractivity contribution in [2.24, 2.45) is 0 Å². The Bertz CT molecular complexity index is 1240. The van der Waals surface area contributed by atoms with Crippen LogP contribution in [0.3, 0.4) is 0 Å². The zero-order valence-corrected chi connectivity index (χ0v) is 22.7. The molecule has 0 radical (unpaired) electrons. The number of likely N-dealkylation sites (tertiary alicyclic amines) is 1. The number of amides is 1. The van der Waals surface area contributed by atoms with Crippen molar-refractivity contribution >= 4 is 35.1 Å². The van der Waals surface area contributed by atoms with Gasteiger partial charge in [-0.15, -0.1) is 0 Å². The zero-order chi connectivity index (χ0) is 26.7. The van der Waals surface area contributed by atoms with E-state index in [1.807, 2.05) is 37.7 Å². The van der Waals surface area contributed by atoms with Gasteiger partial charge in [-0.25, -0.2) is 19.6 Å². The number of rotatable bonds is 6. The van der Waals surface area contributed by atoms with Crippen molar-refractivity contribution in [2.75, 3.05) is 18.6 Å². The Morgan fingerprint density at radius 3 is 2.51 bits per heavy atom. The molecular weight excluding hydrogens is 520 g/mol. The van der Waals surface area contributed by atoms with Gasteiger partial charge in [0.15, 0.2) is 0 Å². The Hall–Kier alpha value is -2.88. The summed E-state index contributed by atoms with van der Waals surface area (Å²) in [5.41, 5.74) is 4.45. The van der Waals surface area contributed by atoms with Gasteiger partial charge in [0, 0.05) is 47.2 Å². The van der Waals surface area contributed by atoms with Crippen molar-refractivity contribution in [3.8, 4) is 11.1 Å². The maximum absolute atomic E-state index is 13.8. The molecule has 0 saturated carbocycles. The average molecular weight is 550 g/mol. The number of nitrogens with zero attached hydrogens (tertiary/aromatic N) is 4. The first-order valence-electron chi connectivity index (χ1n) is 12.1. The Kier molecular flexibility index (Phi) is 8.26. The first-order chi connectivity index (χ1) is 17.5. The molecule has 11 heteroatoms. The molecule has 0 aliphatic carbocycles. The first kappa shape index (κ1) is 27.2. The number of carbonyl (C=O) groups is 1. The van der Waals surface area contributed by atoms with E-state index in [-0.39, 0.29) is 17.2 Å². The molecule has 1 N–H and O–H groups in total. The molecule has 4 rings (SSSR count). The van der Waals surface area contributed by atoms with Crippen molar-refractivity contribution in [1.29, 1.82) is 0 Å². The van der Waals surface area contributed by atoms with E-state index in [0.717, 1.165) is 24.0 Å². The number of aromatic nitrogens is 3. The molecule has 1 saturated heterocycles. The number of pyridine rings is 1. The van der Waals surface area contributed by atoms with E-state index < -0.39 is 17.5 Å². The van der Waals surface area contributed by atoms with E-state index in [1.54, 1.807) is 30.3 Å². The Balaban J connectivity index is 1.32. The van der Waals surface area contributed by atoms with Crippen LogP contribution in [0.15, 0.2) is 42.9 Å². The summed E-state index contributed by atoms with van der Waals surface area (Å²) < 4.78 is 21.2. The fourth-order valence-electron chi connectivity index (χ4n) is 4.07. The minimum Gasteiger partial charge on any atom is -0.444 e. The van der Waals surface area contributed by atoms with Crippen molar-refractivity contribution in [3.05, 3.63) is 64.3 Å². The highest BCUT2D eigenvalue weighted by Crippen LogP contribution is 2.34. The highest BCUT2D eigenvalue weighted by molar-refractivity contribution is 6.36. The van der Waals surface area contributed by atoms with Crippen LogP contribution >= 0.6 is 23.2 Å². The number of nitrogens with one attached hydrogen (secondary N) is 1. The SMILES string of the molecule is C[C@@H](ONc1ccc(-c2cnn(C3CCN(C(=O)OC(C)(C)C)CC3)c2)cn1)c1c(Cl)ccc(F)c1Cl. The number of anilines is 1. The molecule has 3 heterocycles. The van der Waals surface area contributed by atoms with Crippen molar-refractivity contribution < 1.29 is 18.8 Å². The average Bonchev–Trinajstić information content (AvgIpc) is 3.35. The predicted molar refractivity (Wildman–Crippen MR) is 141 cm³/mol. The standard InChI is InChI=1S/C26H30Cl2FN5O3/c1-16(23-20(27)6-7-21(29)24(23)28)37-32-22-8-5-17(13-30-22)18-14-31-34(15-18)19-9-11-33(12-10-19)25(35)36-26(2,3)4/h5-8,13-16,19H,9-12H2,1-4H3,(H,30,32)/t16-/m1/s1. The molecule has 0 spiro atoms. The monoisotopic (exact) mass is 549 g/mol. The van der Waals surface area contributed by atoms with E-state index in [0.29, 0.717) is 29.5 Å². The number of hydrogen-bond donors (Lipinski definition) is 1. The minimum atomic E-state index is -0.614. The van der Waals surface area contributed by atoms with Crippen LogP contribution in [0.25, 0.3) is 11.1 Å². The van der Waals surface area contributed by atoms with Gasteiger partial charge in [-0.05, 0) is 64.8 Å². The van der Waals surface area contributed by atoms with Gasteiger partial charge in [-0.3, -0.25) is 9.52 Å². The molecule has 0 bridgehead atoms. The maximum atomic E-state index is 13.8. The van der Waals surface area contributed by atoms with Crippen LogP contribution in [0.1, 0.15) is 58.2 Å². The summed E-state index contributed by atoms with van der Waals surface area (Å²) >= 11 is 12.2. The summed E-state index contributed by atoms with van der Waals surface area (Å²) in [6, 6.07) is 6.53. The quantitative estimate of drug-likeness (QED) is 0.261. The van der Waals surface area contributed by atoms with E-state index >= 15 is 0 Å². The van der Waals surface area contributed by atoms with Gasteiger partial charge in [0.25, 0.3) is 0 Å². The van der Waals surface area contributed by atoms with Crippen molar-refractivity contribution in [2.45, 2.75) is 58.3 Å². The third-order valence-corrected chi connectivity index (χ3v) is 6.73. The summed E-state index contributed by atoms with van der Waals surface area (Å²) in [6.07, 6.45) is 6.23. The fraction of sp³-hybridized carbons (Fsp3) is 0.423. The second-order valence-electron chi connectivity index (χ2n) is 9.96. The van der Waals surface area contributed by atoms with Gasteiger partial charge in [0.05, 0.1) is 17.3 Å². The number of benzene rings is 1. The van der Waals surface area contributed by atoms with Gasteiger partial charge >= 0.3 is 6.09 Å². The van der Waals surface area contributed by atoms with Crippen LogP contribution in [0.5, 0.6) is 0 Å². The number of carbonyl (C=O) groups excluding carboxylic acids is 1. The topological polar surface area (TPSA) is 81.5 Å². The summed E-state index contributed by atoms with van der Waals surface area (Å²) in [6.45, 7) is 8.56. The molecule has 1 aliphatic heterocycles. The van der Waals surface area contributed by atoms with Crippen LogP contribution in [0.2, 0.25) is 10.0 Å². The van der Waals surface area contributed by atoms with Gasteiger partial charge in [-0.2, -0.15) is 5.10 Å². The molecule has 2 aromatic heterocycles. The molecule has 37 heavy (non-hydrogen) atoms. The lowest BCUT2D eigenvalue weighted by molar-refractivity contribution is 0.0185. The van der Waals surface area contributed by atoms with E-state index in [1.165, 1.54) is 12.1 Å². The predicted octanol–water partition coefficient (Wildman–Crippen LogP) is 7.07. The normalized spacial score (nSPS) is 15.5. The Labute approximate surface area is 225 Å². The maximum Gasteiger partial charge on any atom is 0.410 e. The highest BCUT2D eigenvalue weighted by atomic mass is 35.5. The van der Waals surface area contributed by atoms with Crippen LogP contribution in [-0.4, -0.2) is 44.4 Å². The van der Waals surface area contributed by atoms with Gasteiger partial charge in [0.2, 0.25) is 0 Å². The third kappa shape index (κ3) is 6.71. The van der Waals surface area contributed by atoms with Gasteiger partial charge in [0.1, 0.15) is 23.3 Å². The summed E-state index contributed by atoms with van der Waals surface area (Å²) in [5.74, 6) is -0.0886. The Morgan fingerprint density at radius 1 is 1.14 bits per heavy atom. The molecule has 1 atom stereocenters. The summed E-state index contributed by atoms with van der Waals surface area (Å²) in [7, 11) is 0. The number of piperidine rings is 1. The largest absolute Gasteiger partial charge is 0.444 e. The third-order valence-electron chi connectivity index (χ3n) is 6.01. The minimum absolute atomic E-state index is 0.0716. The molecule has 1 aliphatic rings. The second kappa shape index (κ2) is 11.2. The molecule has 0 unspecified atom stereocenters. The molecule has 1 fully saturated rings. The van der Waals surface area contributed by atoms with E-state index in [2.05, 4.69) is 15.6 Å². The van der Waals surface area contributed by atoms with Crippen LogP contribution in [0.4, 0.5) is 15.0 Å². The molecule has 8 nitrogen and oxygen atoms in total. The van der Waals surface area contributed by atoms with Crippen LogP contribution < -0.4 is 5.48 Å². The van der Waals surface area contributed by atoms with Crippen molar-refractivity contribution in [3.63, 3.8) is 0 Å². The summed E-state index contributed by atoms with van der Waals surface area (Å²) in [4.78, 5) is 24.1. The van der Waals surface area contributed by atoms with Gasteiger partial charge in [-0.1, -0.05) is 23.2 Å². The van der Waals surface area contributed by atoms with Crippen LogP contribution in [0, 0.1) is 5.82 Å². The molecular formula is C26H30Cl2FN5O3. The molecule has 3 aromatic rings. The lowest BCUT2D eigenvalue weighted by Crippen LogP contribution is -2.42. The second-order valence-corrected chi connectivity index (χ2v) is 10.7. The zero-order valence-electron chi connectivity index (χ0n) is 21.2. The summed E-state index contributed by atoms with van der Waals surface area (Å²) in [5, 5.41) is 4.79. The van der Waals surface area contributed by atoms with E-state index in [9.17, 15) is 9.18 Å². The molecule has 198 valence electrons. The first-order valence-corrected chi connectivity index (χ1v) is 12.8. The lowest BCUT2D eigenvalue weighted by Gasteiger charge is -2.33. The number of hydrogen-bond acceptors (Lipinski definition) is 6. The molecule has 1 aromatic carbocycles. The Morgan fingerprint density at radius 2 is 1.86 bits per heavy atom. The fourth-order valence-corrected chi connectivity index (χ4v) is 4.75. The smallest absolute Gasteiger partial charge is 0.410 e. The van der Waals surface area contributed by atoms with Gasteiger partial charge < -0.3 is 9.64 Å². The van der Waals surface area contributed by atoms with E-state index in [4.69, 9.17) is 32.8 Å². The van der Waals surface area contributed by atoms with Crippen molar-refractivity contribution in [1.82, 2.24) is 19.7 Å². The molecule has 1 amide bonds. The number of ether oxygens (including phenoxy) is 1. The van der Waals surface area contributed by atoms with Crippen LogP contribution in [-0.2, 0) is 9.57 Å². The lowest BCUT2D eigenvalue weighted by atomic mass is 10.1. The number of halogens is 3.